The van der Waals surface area contributed by atoms with Crippen molar-refractivity contribution in [3.63, 3.8) is 0 Å². The van der Waals surface area contributed by atoms with Gasteiger partial charge in [-0.3, -0.25) is 19.2 Å². The Balaban J connectivity index is 1.17. The molecule has 0 aliphatic carbocycles. The SMILES string of the molecule is [2H]C([2H])([2H])NC(=O)c1ccc2c(n1)OC[C@H]1CN(Cc3ccc4c(c3)[nH]c(=O)c3cnn(C)c34)CCN21. The summed E-state index contributed by atoms with van der Waals surface area (Å²) in [6.45, 7) is 0.893. The van der Waals surface area contributed by atoms with Gasteiger partial charge in [0.15, 0.2) is 0 Å². The van der Waals surface area contributed by atoms with Crippen molar-refractivity contribution in [3.05, 3.63) is 58.1 Å². The number of ether oxygens (including phenoxy) is 1. The fourth-order valence-electron chi connectivity index (χ4n) is 5.02. The van der Waals surface area contributed by atoms with E-state index in [1.54, 1.807) is 16.9 Å². The maximum absolute atomic E-state index is 12.5. The summed E-state index contributed by atoms with van der Waals surface area (Å²) in [5.74, 6) is -0.429. The highest BCUT2D eigenvalue weighted by atomic mass is 16.5. The second kappa shape index (κ2) is 7.84. The van der Waals surface area contributed by atoms with Gasteiger partial charge in [-0.05, 0) is 23.8 Å². The molecule has 4 aromatic rings. The Kier molecular flexibility index (Phi) is 4.04. The fraction of sp³-hybridized carbons (Fsp3) is 0.333. The van der Waals surface area contributed by atoms with E-state index < -0.39 is 12.9 Å². The van der Waals surface area contributed by atoms with Crippen LogP contribution in [0.15, 0.2) is 41.3 Å². The van der Waals surface area contributed by atoms with Gasteiger partial charge in [0, 0.05) is 49.7 Å². The molecular weight excluding hydrogens is 434 g/mol. The molecule has 0 spiro atoms. The molecule has 2 aliphatic heterocycles. The number of amides is 1. The van der Waals surface area contributed by atoms with Crippen molar-refractivity contribution < 1.29 is 13.6 Å². The van der Waals surface area contributed by atoms with Gasteiger partial charge in [-0.25, -0.2) is 4.98 Å². The topological polar surface area (TPSA) is 108 Å². The zero-order chi connectivity index (χ0) is 25.9. The van der Waals surface area contributed by atoms with Crippen LogP contribution in [0.1, 0.15) is 20.2 Å². The van der Waals surface area contributed by atoms with Crippen molar-refractivity contribution >= 4 is 33.4 Å². The van der Waals surface area contributed by atoms with Crippen molar-refractivity contribution in [1.82, 2.24) is 30.0 Å². The lowest BCUT2D eigenvalue weighted by molar-refractivity contribution is 0.0956. The van der Waals surface area contributed by atoms with E-state index >= 15 is 0 Å². The van der Waals surface area contributed by atoms with Crippen LogP contribution >= 0.6 is 0 Å². The highest BCUT2D eigenvalue weighted by Crippen LogP contribution is 2.34. The van der Waals surface area contributed by atoms with Gasteiger partial charge in [-0.15, -0.1) is 0 Å². The third-order valence-corrected chi connectivity index (χ3v) is 6.65. The summed E-state index contributed by atoms with van der Waals surface area (Å²) in [6, 6.07) is 9.54. The monoisotopic (exact) mass is 462 g/mol. The molecular formula is C24H25N7O3. The van der Waals surface area contributed by atoms with Crippen LogP contribution in [-0.2, 0) is 13.6 Å². The van der Waals surface area contributed by atoms with Crippen LogP contribution in [0.25, 0.3) is 21.8 Å². The standard InChI is InChI=1S/C24H25N7O3/c1-25-23(33)18-5-6-20-24(28-18)34-13-15-12-30(7-8-31(15)20)11-14-3-4-16-19(9-14)27-22(32)17-10-26-29(2)21(16)17/h3-6,9-10,15H,7-8,11-13H2,1-2H3,(H,25,33)(H,27,32)/t15-/m1/s1/i1D3. The molecule has 0 saturated carbocycles. The number of piperazine rings is 1. The summed E-state index contributed by atoms with van der Waals surface area (Å²) in [5.41, 5.74) is 3.37. The predicted octanol–water partition coefficient (Wildman–Crippen LogP) is 1.25. The number of aryl methyl sites for hydroxylation is 1. The molecule has 1 saturated heterocycles. The summed E-state index contributed by atoms with van der Waals surface area (Å²) in [4.78, 5) is 36.5. The number of rotatable bonds is 3. The van der Waals surface area contributed by atoms with Gasteiger partial charge < -0.3 is 19.9 Å². The second-order valence-electron chi connectivity index (χ2n) is 8.73. The number of hydrogen-bond donors (Lipinski definition) is 2. The Bertz CT molecular complexity index is 1600. The molecule has 5 heterocycles. The van der Waals surface area contributed by atoms with Gasteiger partial charge in [-0.1, -0.05) is 12.1 Å². The van der Waals surface area contributed by atoms with E-state index in [-0.39, 0.29) is 17.3 Å². The van der Waals surface area contributed by atoms with Gasteiger partial charge in [0.05, 0.1) is 28.7 Å². The number of carbonyl (C=O) groups is 1. The number of carbonyl (C=O) groups excluding carboxylic acids is 1. The Morgan fingerprint density at radius 1 is 1.29 bits per heavy atom. The fourth-order valence-corrected chi connectivity index (χ4v) is 5.02. The van der Waals surface area contributed by atoms with Crippen molar-refractivity contribution in [2.24, 2.45) is 7.05 Å². The Labute approximate surface area is 199 Å². The molecule has 174 valence electrons. The van der Waals surface area contributed by atoms with E-state index in [9.17, 15) is 9.59 Å². The molecule has 3 aromatic heterocycles. The van der Waals surface area contributed by atoms with Crippen LogP contribution in [-0.4, -0.2) is 69.8 Å². The smallest absolute Gasteiger partial charge is 0.269 e. The molecule has 10 heteroatoms. The molecule has 1 aromatic carbocycles. The van der Waals surface area contributed by atoms with Crippen LogP contribution in [0.3, 0.4) is 0 Å². The highest BCUT2D eigenvalue weighted by Gasteiger charge is 2.34. The first kappa shape index (κ1) is 17.5. The largest absolute Gasteiger partial charge is 0.474 e. The van der Waals surface area contributed by atoms with Crippen LogP contribution < -0.4 is 20.5 Å². The van der Waals surface area contributed by atoms with Gasteiger partial charge in [-0.2, -0.15) is 5.10 Å². The van der Waals surface area contributed by atoms with Crippen LogP contribution in [0.2, 0.25) is 0 Å². The summed E-state index contributed by atoms with van der Waals surface area (Å²) in [7, 11) is 1.83. The average Bonchev–Trinajstić information content (AvgIpc) is 3.24. The Morgan fingerprint density at radius 2 is 2.21 bits per heavy atom. The number of hydrogen-bond acceptors (Lipinski definition) is 7. The summed E-state index contributed by atoms with van der Waals surface area (Å²) in [5, 5.41) is 7.72. The summed E-state index contributed by atoms with van der Waals surface area (Å²) >= 11 is 0. The molecule has 0 bridgehead atoms. The number of benzene rings is 1. The van der Waals surface area contributed by atoms with E-state index in [0.29, 0.717) is 17.9 Å². The van der Waals surface area contributed by atoms with Crippen LogP contribution in [0.4, 0.5) is 5.69 Å². The number of aromatic amines is 1. The van der Waals surface area contributed by atoms with Gasteiger partial charge in [0.1, 0.15) is 18.0 Å². The lowest BCUT2D eigenvalue weighted by Gasteiger charge is -2.45. The first-order valence-corrected chi connectivity index (χ1v) is 11.1. The van der Waals surface area contributed by atoms with Crippen molar-refractivity contribution in [1.29, 1.82) is 0 Å². The minimum atomic E-state index is -2.58. The predicted molar refractivity (Wildman–Crippen MR) is 128 cm³/mol. The summed E-state index contributed by atoms with van der Waals surface area (Å²) in [6.07, 6.45) is 1.59. The number of aromatic nitrogens is 4. The van der Waals surface area contributed by atoms with Gasteiger partial charge >= 0.3 is 0 Å². The number of nitrogens with one attached hydrogen (secondary N) is 2. The first-order valence-electron chi connectivity index (χ1n) is 12.6. The van der Waals surface area contributed by atoms with Gasteiger partial charge in [0.2, 0.25) is 5.88 Å². The van der Waals surface area contributed by atoms with Crippen LogP contribution in [0, 0.1) is 0 Å². The maximum atomic E-state index is 12.5. The minimum absolute atomic E-state index is 0.00436. The molecule has 34 heavy (non-hydrogen) atoms. The van der Waals surface area contributed by atoms with E-state index in [1.807, 2.05) is 24.5 Å². The quantitative estimate of drug-likeness (QED) is 0.472. The third kappa shape index (κ3) is 3.29. The average molecular weight is 463 g/mol. The lowest BCUT2D eigenvalue weighted by atomic mass is 10.1. The Hall–Kier alpha value is -3.92. The number of anilines is 1. The maximum Gasteiger partial charge on any atom is 0.269 e. The van der Waals surface area contributed by atoms with E-state index in [2.05, 4.69) is 30.9 Å². The molecule has 0 radical (unpaired) electrons. The molecule has 10 nitrogen and oxygen atoms in total. The van der Waals surface area contributed by atoms with Crippen LogP contribution in [0.5, 0.6) is 5.88 Å². The van der Waals surface area contributed by atoms with Crippen molar-refractivity contribution in [2.45, 2.75) is 12.6 Å². The second-order valence-corrected chi connectivity index (χ2v) is 8.73. The molecule has 0 unspecified atom stereocenters. The molecule has 2 aliphatic rings. The molecule has 1 fully saturated rings. The first-order chi connectivity index (χ1) is 17.7. The zero-order valence-corrected chi connectivity index (χ0v) is 18.5. The number of pyridine rings is 2. The molecule has 2 N–H and O–H groups in total. The number of fused-ring (bicyclic) bond motifs is 6. The highest BCUT2D eigenvalue weighted by molar-refractivity contribution is 6.03. The van der Waals surface area contributed by atoms with Crippen molar-refractivity contribution in [3.8, 4) is 5.88 Å². The Morgan fingerprint density at radius 3 is 3.09 bits per heavy atom. The number of H-pyrrole nitrogens is 1. The zero-order valence-electron chi connectivity index (χ0n) is 21.5. The van der Waals surface area contributed by atoms with Crippen molar-refractivity contribution in [2.75, 3.05) is 38.1 Å². The van der Waals surface area contributed by atoms with Gasteiger partial charge in [0.25, 0.3) is 11.5 Å². The summed E-state index contributed by atoms with van der Waals surface area (Å²) < 4.78 is 29.2. The lowest BCUT2D eigenvalue weighted by Crippen LogP contribution is -2.57. The molecule has 1 amide bonds. The normalized spacial score (nSPS) is 19.6. The minimum Gasteiger partial charge on any atom is -0.474 e. The molecule has 6 rings (SSSR count). The van der Waals surface area contributed by atoms with E-state index in [1.165, 1.54) is 6.07 Å². The molecule has 1 atom stereocenters. The number of nitrogens with zero attached hydrogens (tertiary/aromatic N) is 5. The van der Waals surface area contributed by atoms with E-state index in [4.69, 9.17) is 8.85 Å². The van der Waals surface area contributed by atoms with E-state index in [0.717, 1.165) is 53.8 Å². The third-order valence-electron chi connectivity index (χ3n) is 6.65.